The summed E-state index contributed by atoms with van der Waals surface area (Å²) in [6.45, 7) is 7.72. The minimum Gasteiger partial charge on any atom is -0.383 e. The van der Waals surface area contributed by atoms with Crippen molar-refractivity contribution in [2.24, 2.45) is 0 Å². The Morgan fingerprint density at radius 1 is 0.850 bits per heavy atom. The fourth-order valence-electron chi connectivity index (χ4n) is 5.59. The Morgan fingerprint density at radius 2 is 1.45 bits per heavy atom. The van der Waals surface area contributed by atoms with E-state index in [-0.39, 0.29) is 17.5 Å². The van der Waals surface area contributed by atoms with Gasteiger partial charge in [0.25, 0.3) is 11.5 Å². The number of nitrogens with zero attached hydrogens (tertiary/aromatic N) is 3. The van der Waals surface area contributed by atoms with Gasteiger partial charge in [-0.05, 0) is 30.2 Å². The number of piperazine rings is 1. The third-order valence-corrected chi connectivity index (χ3v) is 7.80. The topological polar surface area (TPSA) is 66.8 Å². The minimum absolute atomic E-state index is 0.109. The Kier molecular flexibility index (Phi) is 9.06. The Morgan fingerprint density at radius 3 is 2.10 bits per heavy atom. The van der Waals surface area contributed by atoms with Crippen LogP contribution in [-0.4, -0.2) is 66.7 Å². The van der Waals surface area contributed by atoms with E-state index in [1.807, 2.05) is 84.9 Å². The standard InChI is InChI=1S/C33H38N4O3/c1-3-29(25-12-6-4-7-13-25)34-32(38)31-27-16-10-11-17-28(27)33(39)37(26-14-8-5-9-15-26)30(31)24-36-20-18-35(19-21-36)22-23-40-2/h4-17,29H,3,18-24H2,1-2H3,(H,34,38)/t29-/m0/s1. The van der Waals surface area contributed by atoms with Crippen LogP contribution in [0.15, 0.2) is 89.7 Å². The van der Waals surface area contributed by atoms with Crippen LogP contribution in [-0.2, 0) is 11.3 Å². The maximum Gasteiger partial charge on any atom is 0.263 e. The molecule has 1 fully saturated rings. The van der Waals surface area contributed by atoms with Gasteiger partial charge in [0, 0.05) is 62.8 Å². The summed E-state index contributed by atoms with van der Waals surface area (Å²) in [6, 6.07) is 27.1. The van der Waals surface area contributed by atoms with Crippen molar-refractivity contribution in [2.45, 2.75) is 25.9 Å². The number of amides is 1. The molecular weight excluding hydrogens is 500 g/mol. The maximum atomic E-state index is 14.3. The van der Waals surface area contributed by atoms with Crippen LogP contribution in [0.2, 0.25) is 0 Å². The number of rotatable bonds is 10. The first kappa shape index (κ1) is 27.8. The van der Waals surface area contributed by atoms with Gasteiger partial charge in [-0.2, -0.15) is 0 Å². The quantitative estimate of drug-likeness (QED) is 0.319. The lowest BCUT2D eigenvalue weighted by Gasteiger charge is -2.35. The number of methoxy groups -OCH3 is 1. The third-order valence-electron chi connectivity index (χ3n) is 7.80. The summed E-state index contributed by atoms with van der Waals surface area (Å²) in [5, 5.41) is 4.53. The second-order valence-electron chi connectivity index (χ2n) is 10.3. The molecule has 5 rings (SSSR count). The molecule has 0 saturated carbocycles. The molecule has 3 aromatic carbocycles. The van der Waals surface area contributed by atoms with E-state index in [1.54, 1.807) is 11.7 Å². The molecule has 208 valence electrons. The van der Waals surface area contributed by atoms with Gasteiger partial charge in [-0.3, -0.25) is 24.0 Å². The minimum atomic E-state index is -0.162. The third kappa shape index (κ3) is 6.02. The molecule has 7 heteroatoms. The van der Waals surface area contributed by atoms with Gasteiger partial charge < -0.3 is 10.1 Å². The van der Waals surface area contributed by atoms with Crippen LogP contribution in [0.3, 0.4) is 0 Å². The van der Waals surface area contributed by atoms with Crippen molar-refractivity contribution in [2.75, 3.05) is 46.4 Å². The van der Waals surface area contributed by atoms with Crippen LogP contribution in [0.5, 0.6) is 0 Å². The first-order valence-electron chi connectivity index (χ1n) is 14.1. The molecule has 0 spiro atoms. The van der Waals surface area contributed by atoms with E-state index in [4.69, 9.17) is 4.74 Å². The highest BCUT2D eigenvalue weighted by atomic mass is 16.5. The zero-order chi connectivity index (χ0) is 27.9. The smallest absolute Gasteiger partial charge is 0.263 e. The fourth-order valence-corrected chi connectivity index (χ4v) is 5.59. The molecule has 2 heterocycles. The number of nitrogens with one attached hydrogen (secondary N) is 1. The Hall–Kier alpha value is -3.78. The highest BCUT2D eigenvalue weighted by Gasteiger charge is 2.27. The first-order valence-corrected chi connectivity index (χ1v) is 14.1. The molecule has 1 aliphatic rings. The van der Waals surface area contributed by atoms with E-state index < -0.39 is 0 Å². The van der Waals surface area contributed by atoms with Crippen LogP contribution in [0, 0.1) is 0 Å². The van der Waals surface area contributed by atoms with Crippen LogP contribution >= 0.6 is 0 Å². The molecule has 1 saturated heterocycles. The Bertz CT molecular complexity index is 1480. The molecule has 0 unspecified atom stereocenters. The van der Waals surface area contributed by atoms with E-state index in [1.165, 1.54) is 0 Å². The lowest BCUT2D eigenvalue weighted by atomic mass is 9.99. The largest absolute Gasteiger partial charge is 0.383 e. The van der Waals surface area contributed by atoms with Gasteiger partial charge in [0.15, 0.2) is 0 Å². The lowest BCUT2D eigenvalue weighted by molar-refractivity contribution is 0.0900. The number of para-hydroxylation sites is 1. The number of hydrogen-bond donors (Lipinski definition) is 1. The molecule has 40 heavy (non-hydrogen) atoms. The number of fused-ring (bicyclic) bond motifs is 1. The number of pyridine rings is 1. The predicted octanol–water partition coefficient (Wildman–Crippen LogP) is 4.64. The van der Waals surface area contributed by atoms with Crippen LogP contribution in [0.25, 0.3) is 16.5 Å². The summed E-state index contributed by atoms with van der Waals surface area (Å²) < 4.78 is 7.01. The van der Waals surface area contributed by atoms with Crippen LogP contribution in [0.4, 0.5) is 0 Å². The summed E-state index contributed by atoms with van der Waals surface area (Å²) >= 11 is 0. The molecule has 1 aromatic heterocycles. The number of ether oxygens (including phenoxy) is 1. The molecule has 1 amide bonds. The molecular formula is C33H38N4O3. The summed E-state index contributed by atoms with van der Waals surface area (Å²) in [6.07, 6.45) is 0.755. The Balaban J connectivity index is 1.60. The van der Waals surface area contributed by atoms with Gasteiger partial charge in [0.2, 0.25) is 0 Å². The number of carbonyl (C=O) groups is 1. The molecule has 0 radical (unpaired) electrons. The number of carbonyl (C=O) groups excluding carboxylic acids is 1. The molecule has 4 aromatic rings. The van der Waals surface area contributed by atoms with Gasteiger partial charge in [0.1, 0.15) is 0 Å². The van der Waals surface area contributed by atoms with E-state index >= 15 is 0 Å². The number of aromatic nitrogens is 1. The summed E-state index contributed by atoms with van der Waals surface area (Å²) in [5.41, 5.74) is 3.00. The monoisotopic (exact) mass is 538 g/mol. The van der Waals surface area contributed by atoms with Crippen molar-refractivity contribution < 1.29 is 9.53 Å². The van der Waals surface area contributed by atoms with E-state index in [9.17, 15) is 9.59 Å². The van der Waals surface area contributed by atoms with Gasteiger partial charge in [0.05, 0.1) is 23.9 Å². The zero-order valence-corrected chi connectivity index (χ0v) is 23.4. The van der Waals surface area contributed by atoms with Crippen LogP contribution < -0.4 is 10.9 Å². The SMILES string of the molecule is CC[C@H](NC(=O)c1c(CN2CCN(CCOC)CC2)n(-c2ccccc2)c(=O)c2ccccc12)c1ccccc1. The van der Waals surface area contributed by atoms with Crippen molar-refractivity contribution in [1.82, 2.24) is 19.7 Å². The lowest BCUT2D eigenvalue weighted by Crippen LogP contribution is -2.47. The molecule has 0 bridgehead atoms. The summed E-state index contributed by atoms with van der Waals surface area (Å²) in [5.74, 6) is -0.162. The molecule has 7 nitrogen and oxygen atoms in total. The average Bonchev–Trinajstić information content (AvgIpc) is 3.00. The summed E-state index contributed by atoms with van der Waals surface area (Å²) in [4.78, 5) is 33.0. The van der Waals surface area contributed by atoms with Crippen molar-refractivity contribution >= 4 is 16.7 Å². The predicted molar refractivity (Wildman–Crippen MR) is 160 cm³/mol. The molecule has 1 N–H and O–H groups in total. The number of benzene rings is 3. The Labute approximate surface area is 236 Å². The highest BCUT2D eigenvalue weighted by Crippen LogP contribution is 2.26. The van der Waals surface area contributed by atoms with Crippen molar-refractivity contribution in [3.8, 4) is 5.69 Å². The van der Waals surface area contributed by atoms with E-state index in [0.717, 1.165) is 56.1 Å². The first-order chi connectivity index (χ1) is 19.6. The normalized spacial score (nSPS) is 15.2. The average molecular weight is 539 g/mol. The van der Waals surface area contributed by atoms with Gasteiger partial charge in [-0.1, -0.05) is 73.7 Å². The number of hydrogen-bond acceptors (Lipinski definition) is 5. The van der Waals surface area contributed by atoms with E-state index in [2.05, 4.69) is 22.0 Å². The molecule has 1 aliphatic heterocycles. The van der Waals surface area contributed by atoms with Crippen molar-refractivity contribution in [3.05, 3.63) is 112 Å². The second-order valence-corrected chi connectivity index (χ2v) is 10.3. The van der Waals surface area contributed by atoms with Crippen molar-refractivity contribution in [3.63, 3.8) is 0 Å². The van der Waals surface area contributed by atoms with Gasteiger partial charge >= 0.3 is 0 Å². The maximum absolute atomic E-state index is 14.3. The zero-order valence-electron chi connectivity index (χ0n) is 23.4. The molecule has 1 atom stereocenters. The second kappa shape index (κ2) is 13.0. The van der Waals surface area contributed by atoms with Gasteiger partial charge in [-0.25, -0.2) is 0 Å². The van der Waals surface area contributed by atoms with Crippen LogP contribution in [0.1, 0.15) is 41.0 Å². The van der Waals surface area contributed by atoms with Crippen molar-refractivity contribution in [1.29, 1.82) is 0 Å². The summed E-state index contributed by atoms with van der Waals surface area (Å²) in [7, 11) is 1.73. The molecule has 0 aliphatic carbocycles. The fraction of sp³-hybridized carbons (Fsp3) is 0.333. The van der Waals surface area contributed by atoms with E-state index in [0.29, 0.717) is 29.5 Å². The highest BCUT2D eigenvalue weighted by molar-refractivity contribution is 6.08. The van der Waals surface area contributed by atoms with Gasteiger partial charge in [-0.15, -0.1) is 0 Å².